The monoisotopic (exact) mass is 405 g/mol. The van der Waals surface area contributed by atoms with Gasteiger partial charge in [0.15, 0.2) is 0 Å². The molecule has 0 aromatic heterocycles. The Morgan fingerprint density at radius 2 is 1.77 bits per heavy atom. The van der Waals surface area contributed by atoms with Crippen molar-refractivity contribution in [3.8, 4) is 0 Å². The maximum atomic E-state index is 5.81. The predicted molar refractivity (Wildman–Crippen MR) is 109 cm³/mol. The topological polar surface area (TPSA) is 21.6 Å². The van der Waals surface area contributed by atoms with Crippen LogP contribution in [0, 0.1) is 5.92 Å². The second-order valence-electron chi connectivity index (χ2n) is 5.31. The van der Waals surface area contributed by atoms with Gasteiger partial charge in [0.05, 0.1) is 27.9 Å². The first-order valence-electron chi connectivity index (χ1n) is 7.06. The second kappa shape index (κ2) is 6.96. The molecule has 0 unspecified atom stereocenters. The van der Waals surface area contributed by atoms with Gasteiger partial charge in [-0.1, -0.05) is 60.9 Å². The number of ether oxygens (including phenoxy) is 1. The lowest BCUT2D eigenvalue weighted by atomic mass is 10.1. The third kappa shape index (κ3) is 3.28. The summed E-state index contributed by atoms with van der Waals surface area (Å²) in [6.45, 7) is 5.14. The Labute approximate surface area is 156 Å². The lowest BCUT2D eigenvalue weighted by molar-refractivity contribution is 0.292. The maximum Gasteiger partial charge on any atom is 0.224 e. The normalized spacial score (nSPS) is 28.2. The number of hydrogen-bond acceptors (Lipinski definition) is 8. The van der Waals surface area contributed by atoms with E-state index in [9.17, 15) is 0 Å². The molecule has 0 N–H and O–H groups in total. The molecule has 118 valence electrons. The first-order valence-corrected chi connectivity index (χ1v) is 12.4. The summed E-state index contributed by atoms with van der Waals surface area (Å²) in [4.78, 5) is 5.92. The average molecular weight is 406 g/mol. The molecule has 1 atom stereocenters. The number of hydrogen-bond donors (Lipinski definition) is 0. The van der Waals surface area contributed by atoms with Crippen LogP contribution >= 0.6 is 70.6 Å². The SMILES string of the molecule is CC(C)[C@@H]1COC(C2=CSC(=C3SC4=C(SCCS4)S3)S2)=N1. The van der Waals surface area contributed by atoms with E-state index in [1.807, 2.05) is 70.6 Å². The van der Waals surface area contributed by atoms with Crippen molar-refractivity contribution in [1.82, 2.24) is 0 Å². The molecule has 0 bridgehead atoms. The fourth-order valence-corrected chi connectivity index (χ4v) is 10.6. The zero-order chi connectivity index (χ0) is 15.1. The highest BCUT2D eigenvalue weighted by Crippen LogP contribution is 2.63. The first-order chi connectivity index (χ1) is 10.7. The molecule has 4 rings (SSSR count). The zero-order valence-electron chi connectivity index (χ0n) is 12.2. The molecular weight excluding hydrogens is 391 g/mol. The molecule has 0 aromatic carbocycles. The van der Waals surface area contributed by atoms with Crippen LogP contribution in [0.2, 0.25) is 0 Å². The van der Waals surface area contributed by atoms with Crippen LogP contribution in [0.15, 0.2) is 32.3 Å². The van der Waals surface area contributed by atoms with Gasteiger partial charge in [-0.15, -0.1) is 23.5 Å². The number of rotatable bonds is 2. The maximum absolute atomic E-state index is 5.81. The molecule has 0 radical (unpaired) electrons. The van der Waals surface area contributed by atoms with E-state index in [4.69, 9.17) is 9.73 Å². The van der Waals surface area contributed by atoms with E-state index >= 15 is 0 Å². The smallest absolute Gasteiger partial charge is 0.224 e. The van der Waals surface area contributed by atoms with Crippen molar-refractivity contribution in [2.24, 2.45) is 10.9 Å². The minimum absolute atomic E-state index is 0.315. The molecule has 0 spiro atoms. The summed E-state index contributed by atoms with van der Waals surface area (Å²) < 4.78 is 11.6. The third-order valence-electron chi connectivity index (χ3n) is 3.38. The van der Waals surface area contributed by atoms with Crippen LogP contribution in [-0.4, -0.2) is 30.1 Å². The molecule has 22 heavy (non-hydrogen) atoms. The van der Waals surface area contributed by atoms with Gasteiger partial charge in [0.25, 0.3) is 0 Å². The number of nitrogens with zero attached hydrogens (tertiary/aromatic N) is 1. The highest BCUT2D eigenvalue weighted by molar-refractivity contribution is 8.43. The molecule has 0 saturated carbocycles. The molecule has 0 aromatic rings. The Hall–Kier alpha value is 0.790. The minimum atomic E-state index is 0.315. The Morgan fingerprint density at radius 3 is 2.41 bits per heavy atom. The Morgan fingerprint density at radius 1 is 1.05 bits per heavy atom. The van der Waals surface area contributed by atoms with Gasteiger partial charge in [-0.25, -0.2) is 4.99 Å². The van der Waals surface area contributed by atoms with Crippen LogP contribution in [0.5, 0.6) is 0 Å². The Balaban J connectivity index is 1.45. The van der Waals surface area contributed by atoms with Gasteiger partial charge in [-0.05, 0) is 11.3 Å². The molecule has 0 fully saturated rings. The van der Waals surface area contributed by atoms with E-state index < -0.39 is 0 Å². The van der Waals surface area contributed by atoms with Gasteiger partial charge in [-0.3, -0.25) is 0 Å². The summed E-state index contributed by atoms with van der Waals surface area (Å²) in [5.41, 5.74) is 0. The standard InChI is InChI=1S/C14H15NOS6/c1-7(2)8-5-16-10(15-8)9-6-19-13(20-9)14-21-11-12(22-14)18-4-3-17-11/h6-8H,3-5H2,1-2H3/t8-/m0/s1. The van der Waals surface area contributed by atoms with Crippen molar-refractivity contribution in [1.29, 1.82) is 0 Å². The van der Waals surface area contributed by atoms with Crippen LogP contribution in [-0.2, 0) is 4.74 Å². The fraction of sp³-hybridized carbons (Fsp3) is 0.500. The van der Waals surface area contributed by atoms with Crippen molar-refractivity contribution >= 4 is 76.5 Å². The molecule has 0 amide bonds. The van der Waals surface area contributed by atoms with E-state index in [0.29, 0.717) is 12.0 Å². The van der Waals surface area contributed by atoms with Gasteiger partial charge in [0.1, 0.15) is 6.61 Å². The van der Waals surface area contributed by atoms with Gasteiger partial charge in [0, 0.05) is 11.5 Å². The lowest BCUT2D eigenvalue weighted by Gasteiger charge is -2.08. The fourth-order valence-electron chi connectivity index (χ4n) is 2.11. The van der Waals surface area contributed by atoms with E-state index in [2.05, 4.69) is 19.3 Å². The second-order valence-corrected chi connectivity index (χ2v) is 12.5. The summed E-state index contributed by atoms with van der Waals surface area (Å²) >= 11 is 11.6. The summed E-state index contributed by atoms with van der Waals surface area (Å²) in [6, 6.07) is 0.315. The molecule has 0 saturated heterocycles. The van der Waals surface area contributed by atoms with E-state index in [0.717, 1.165) is 12.5 Å². The molecule has 4 aliphatic rings. The van der Waals surface area contributed by atoms with E-state index in [-0.39, 0.29) is 0 Å². The van der Waals surface area contributed by atoms with Gasteiger partial charge in [-0.2, -0.15) is 0 Å². The average Bonchev–Trinajstić information content (AvgIpc) is 3.24. The van der Waals surface area contributed by atoms with Crippen LogP contribution in [0.3, 0.4) is 0 Å². The van der Waals surface area contributed by atoms with Crippen molar-refractivity contribution in [2.75, 3.05) is 18.1 Å². The molecule has 8 heteroatoms. The number of aliphatic imine (C=N–C) groups is 1. The van der Waals surface area contributed by atoms with Gasteiger partial charge in [0.2, 0.25) is 5.90 Å². The molecular formula is C14H15NOS6. The minimum Gasteiger partial charge on any atom is -0.475 e. The summed E-state index contributed by atoms with van der Waals surface area (Å²) in [5, 5.41) is 2.20. The van der Waals surface area contributed by atoms with E-state index in [1.54, 1.807) is 0 Å². The predicted octanol–water partition coefficient (Wildman–Crippen LogP) is 5.97. The van der Waals surface area contributed by atoms with Crippen molar-refractivity contribution in [3.05, 3.63) is 27.3 Å². The van der Waals surface area contributed by atoms with Crippen molar-refractivity contribution < 1.29 is 4.74 Å². The van der Waals surface area contributed by atoms with Gasteiger partial charge >= 0.3 is 0 Å². The molecule has 4 heterocycles. The summed E-state index contributed by atoms with van der Waals surface area (Å²) in [7, 11) is 0. The van der Waals surface area contributed by atoms with Crippen LogP contribution in [0.4, 0.5) is 0 Å². The highest BCUT2D eigenvalue weighted by atomic mass is 32.3. The number of thioether (sulfide) groups is 6. The van der Waals surface area contributed by atoms with Crippen LogP contribution in [0.25, 0.3) is 0 Å². The highest BCUT2D eigenvalue weighted by Gasteiger charge is 2.32. The van der Waals surface area contributed by atoms with Crippen molar-refractivity contribution in [3.63, 3.8) is 0 Å². The lowest BCUT2D eigenvalue weighted by Crippen LogP contribution is -2.13. The zero-order valence-corrected chi connectivity index (χ0v) is 17.1. The largest absolute Gasteiger partial charge is 0.475 e. The molecule has 2 nitrogen and oxygen atoms in total. The van der Waals surface area contributed by atoms with Crippen LogP contribution in [0.1, 0.15) is 13.8 Å². The van der Waals surface area contributed by atoms with Crippen molar-refractivity contribution in [2.45, 2.75) is 19.9 Å². The summed E-state index contributed by atoms with van der Waals surface area (Å²) in [5.74, 6) is 3.87. The third-order valence-corrected chi connectivity index (χ3v) is 12.1. The first kappa shape index (κ1) is 16.3. The quantitative estimate of drug-likeness (QED) is 0.557. The van der Waals surface area contributed by atoms with E-state index in [1.165, 1.54) is 33.4 Å². The molecule has 0 aliphatic carbocycles. The molecule has 4 aliphatic heterocycles. The van der Waals surface area contributed by atoms with Crippen LogP contribution < -0.4 is 0 Å². The van der Waals surface area contributed by atoms with Gasteiger partial charge < -0.3 is 4.74 Å². The Bertz CT molecular complexity index is 601. The Kier molecular flexibility index (Phi) is 5.15. The summed E-state index contributed by atoms with van der Waals surface area (Å²) in [6.07, 6.45) is 0.